The number of hydrogen-bond acceptors (Lipinski definition) is 4. The lowest BCUT2D eigenvalue weighted by atomic mass is 10.1. The largest absolute Gasteiger partial charge is 0.321 e. The fourth-order valence-electron chi connectivity index (χ4n) is 3.63. The van der Waals surface area contributed by atoms with Crippen LogP contribution >= 0.6 is 22.9 Å². The van der Waals surface area contributed by atoms with E-state index in [1.54, 1.807) is 11.3 Å². The SMILES string of the molecule is CCc1sc(C(=O)Nc2ccc(Cl)c(-c3nnc4n3CCCCC4)c2)cc1C. The molecule has 0 bridgehead atoms. The van der Waals surface area contributed by atoms with Crippen molar-refractivity contribution >= 4 is 34.5 Å². The number of amides is 1. The summed E-state index contributed by atoms with van der Waals surface area (Å²) in [5.41, 5.74) is 2.68. The fourth-order valence-corrected chi connectivity index (χ4v) is 4.85. The average Bonchev–Trinajstić information content (AvgIpc) is 3.18. The Kier molecular flexibility index (Phi) is 5.51. The van der Waals surface area contributed by atoms with Gasteiger partial charge in [-0.15, -0.1) is 21.5 Å². The lowest BCUT2D eigenvalue weighted by molar-refractivity contribution is 0.103. The predicted octanol–water partition coefficient (Wildman–Crippen LogP) is 5.51. The number of carbonyl (C=O) groups is 1. The van der Waals surface area contributed by atoms with E-state index < -0.39 is 0 Å². The highest BCUT2D eigenvalue weighted by atomic mass is 35.5. The van der Waals surface area contributed by atoms with Gasteiger partial charge in [-0.3, -0.25) is 4.79 Å². The molecule has 0 atom stereocenters. The molecule has 2 aromatic heterocycles. The molecule has 0 fully saturated rings. The number of benzene rings is 1. The topological polar surface area (TPSA) is 59.8 Å². The number of thiophene rings is 1. The summed E-state index contributed by atoms with van der Waals surface area (Å²) in [5, 5.41) is 12.4. The standard InChI is InChI=1S/C21H23ClN4OS/c1-3-17-13(2)11-18(28-17)21(27)23-14-8-9-16(22)15(12-14)20-25-24-19-7-5-4-6-10-26(19)20/h8-9,11-12H,3-7,10H2,1-2H3,(H,23,27). The third kappa shape index (κ3) is 3.71. The zero-order valence-electron chi connectivity index (χ0n) is 16.1. The number of nitrogens with zero attached hydrogens (tertiary/aromatic N) is 3. The van der Waals surface area contributed by atoms with E-state index in [0.29, 0.717) is 10.7 Å². The number of rotatable bonds is 4. The number of fused-ring (bicyclic) bond motifs is 1. The quantitative estimate of drug-likeness (QED) is 0.612. The first-order valence-electron chi connectivity index (χ1n) is 9.69. The van der Waals surface area contributed by atoms with Crippen LogP contribution in [0.4, 0.5) is 5.69 Å². The number of aromatic nitrogens is 3. The Bertz CT molecular complexity index is 1020. The molecule has 7 heteroatoms. The summed E-state index contributed by atoms with van der Waals surface area (Å²) in [7, 11) is 0. The maximum atomic E-state index is 12.7. The molecule has 0 radical (unpaired) electrons. The molecule has 0 aliphatic carbocycles. The van der Waals surface area contributed by atoms with Crippen LogP contribution in [0.25, 0.3) is 11.4 Å². The molecule has 1 amide bonds. The van der Waals surface area contributed by atoms with Crippen LogP contribution in [0.1, 0.15) is 52.1 Å². The molecular formula is C21H23ClN4OS. The minimum Gasteiger partial charge on any atom is -0.321 e. The monoisotopic (exact) mass is 414 g/mol. The number of hydrogen-bond donors (Lipinski definition) is 1. The summed E-state index contributed by atoms with van der Waals surface area (Å²) in [4.78, 5) is 14.7. The molecule has 146 valence electrons. The maximum absolute atomic E-state index is 12.7. The zero-order chi connectivity index (χ0) is 19.7. The molecular weight excluding hydrogens is 392 g/mol. The minimum atomic E-state index is -0.0962. The third-order valence-corrected chi connectivity index (χ3v) is 6.85. The molecule has 3 aromatic rings. The Hall–Kier alpha value is -2.18. The van der Waals surface area contributed by atoms with E-state index in [9.17, 15) is 4.79 Å². The van der Waals surface area contributed by atoms with Gasteiger partial charge in [0.2, 0.25) is 0 Å². The summed E-state index contributed by atoms with van der Waals surface area (Å²) >= 11 is 8.02. The van der Waals surface area contributed by atoms with Crippen LogP contribution in [-0.2, 0) is 19.4 Å². The highest BCUT2D eigenvalue weighted by Crippen LogP contribution is 2.32. The first-order valence-corrected chi connectivity index (χ1v) is 10.9. The molecule has 0 spiro atoms. The van der Waals surface area contributed by atoms with Gasteiger partial charge < -0.3 is 9.88 Å². The van der Waals surface area contributed by atoms with Crippen LogP contribution < -0.4 is 5.32 Å². The second-order valence-electron chi connectivity index (χ2n) is 7.12. The Balaban J connectivity index is 1.62. The molecule has 0 saturated heterocycles. The van der Waals surface area contributed by atoms with Gasteiger partial charge in [0.1, 0.15) is 5.82 Å². The molecule has 1 aromatic carbocycles. The smallest absolute Gasteiger partial charge is 0.265 e. The molecule has 3 heterocycles. The number of anilines is 1. The molecule has 1 aliphatic rings. The number of halogens is 1. The van der Waals surface area contributed by atoms with E-state index in [-0.39, 0.29) is 5.91 Å². The lowest BCUT2D eigenvalue weighted by Gasteiger charge is -2.11. The zero-order valence-corrected chi connectivity index (χ0v) is 17.7. The number of aryl methyl sites for hydroxylation is 3. The van der Waals surface area contributed by atoms with E-state index in [4.69, 9.17) is 11.6 Å². The van der Waals surface area contributed by atoms with Gasteiger partial charge in [-0.1, -0.05) is 24.9 Å². The van der Waals surface area contributed by atoms with Crippen molar-refractivity contribution in [3.63, 3.8) is 0 Å². The molecule has 1 N–H and O–H groups in total. The van der Waals surface area contributed by atoms with E-state index in [0.717, 1.165) is 54.3 Å². The van der Waals surface area contributed by atoms with Crippen LogP contribution in [0.3, 0.4) is 0 Å². The van der Waals surface area contributed by atoms with Crippen molar-refractivity contribution in [1.82, 2.24) is 14.8 Å². The Labute approximate surface area is 173 Å². The first kappa shape index (κ1) is 19.2. The fraction of sp³-hybridized carbons (Fsp3) is 0.381. The molecule has 4 rings (SSSR count). The third-order valence-electron chi connectivity index (χ3n) is 5.14. The summed E-state index contributed by atoms with van der Waals surface area (Å²) in [5.74, 6) is 1.69. The lowest BCUT2D eigenvalue weighted by Crippen LogP contribution is -2.10. The van der Waals surface area contributed by atoms with E-state index in [1.807, 2.05) is 31.2 Å². The van der Waals surface area contributed by atoms with Crippen LogP contribution in [0.2, 0.25) is 5.02 Å². The maximum Gasteiger partial charge on any atom is 0.265 e. The first-order chi connectivity index (χ1) is 13.6. The van der Waals surface area contributed by atoms with Gasteiger partial charge in [-0.2, -0.15) is 0 Å². The van der Waals surface area contributed by atoms with E-state index in [2.05, 4.69) is 27.0 Å². The van der Waals surface area contributed by atoms with Crippen molar-refractivity contribution in [1.29, 1.82) is 0 Å². The Morgan fingerprint density at radius 3 is 2.89 bits per heavy atom. The van der Waals surface area contributed by atoms with Crippen LogP contribution in [-0.4, -0.2) is 20.7 Å². The van der Waals surface area contributed by atoms with E-state index >= 15 is 0 Å². The average molecular weight is 415 g/mol. The van der Waals surface area contributed by atoms with Crippen LogP contribution in [0.5, 0.6) is 0 Å². The number of carbonyl (C=O) groups excluding carboxylic acids is 1. The normalized spacial score (nSPS) is 13.8. The van der Waals surface area contributed by atoms with Crippen molar-refractivity contribution in [2.75, 3.05) is 5.32 Å². The van der Waals surface area contributed by atoms with Crippen LogP contribution in [0.15, 0.2) is 24.3 Å². The Morgan fingerprint density at radius 2 is 2.11 bits per heavy atom. The van der Waals surface area contributed by atoms with Crippen molar-refractivity contribution in [2.45, 2.75) is 52.5 Å². The van der Waals surface area contributed by atoms with Crippen molar-refractivity contribution in [3.8, 4) is 11.4 Å². The van der Waals surface area contributed by atoms with Crippen molar-refractivity contribution in [2.24, 2.45) is 0 Å². The summed E-state index contributed by atoms with van der Waals surface area (Å²) in [6.45, 7) is 5.05. The molecule has 28 heavy (non-hydrogen) atoms. The second-order valence-corrected chi connectivity index (χ2v) is 8.67. The summed E-state index contributed by atoms with van der Waals surface area (Å²) < 4.78 is 2.16. The van der Waals surface area contributed by atoms with Crippen molar-refractivity contribution in [3.05, 3.63) is 50.4 Å². The van der Waals surface area contributed by atoms with Gasteiger partial charge in [-0.05, 0) is 56.0 Å². The summed E-state index contributed by atoms with van der Waals surface area (Å²) in [6.07, 6.45) is 5.34. The van der Waals surface area contributed by atoms with Gasteiger partial charge >= 0.3 is 0 Å². The molecule has 0 saturated carbocycles. The molecule has 0 unspecified atom stereocenters. The molecule has 1 aliphatic heterocycles. The number of nitrogens with one attached hydrogen (secondary N) is 1. The van der Waals surface area contributed by atoms with Gasteiger partial charge in [0, 0.05) is 29.1 Å². The van der Waals surface area contributed by atoms with E-state index in [1.165, 1.54) is 16.9 Å². The minimum absolute atomic E-state index is 0.0962. The predicted molar refractivity (Wildman–Crippen MR) is 114 cm³/mol. The van der Waals surface area contributed by atoms with Gasteiger partial charge in [0.05, 0.1) is 9.90 Å². The highest BCUT2D eigenvalue weighted by molar-refractivity contribution is 7.14. The van der Waals surface area contributed by atoms with Gasteiger partial charge in [0.25, 0.3) is 5.91 Å². The molecule has 5 nitrogen and oxygen atoms in total. The second kappa shape index (κ2) is 8.05. The van der Waals surface area contributed by atoms with Gasteiger partial charge in [-0.25, -0.2) is 0 Å². The Morgan fingerprint density at radius 1 is 1.25 bits per heavy atom. The summed E-state index contributed by atoms with van der Waals surface area (Å²) in [6, 6.07) is 7.48. The van der Waals surface area contributed by atoms with Gasteiger partial charge in [0.15, 0.2) is 5.82 Å². The van der Waals surface area contributed by atoms with Crippen LogP contribution in [0, 0.1) is 6.92 Å². The van der Waals surface area contributed by atoms with Crippen molar-refractivity contribution < 1.29 is 4.79 Å². The highest BCUT2D eigenvalue weighted by Gasteiger charge is 2.19.